The molecule has 3 nitrogen and oxygen atoms in total. The third-order valence-electron chi connectivity index (χ3n) is 5.35. The summed E-state index contributed by atoms with van der Waals surface area (Å²) in [6.45, 7) is 6.52. The summed E-state index contributed by atoms with van der Waals surface area (Å²) in [6, 6.07) is 22.3. The summed E-state index contributed by atoms with van der Waals surface area (Å²) in [4.78, 5) is 15.2. The molecule has 0 aromatic heterocycles. The molecule has 0 spiro atoms. The van der Waals surface area contributed by atoms with Crippen molar-refractivity contribution in [3.05, 3.63) is 72.3 Å². The van der Waals surface area contributed by atoms with Crippen molar-refractivity contribution in [1.82, 2.24) is 0 Å². The fourth-order valence-electron chi connectivity index (χ4n) is 4.27. The molecular weight excluding hydrogens is 320 g/mol. The van der Waals surface area contributed by atoms with Gasteiger partial charge >= 0.3 is 6.03 Å². The fourth-order valence-corrected chi connectivity index (χ4v) is 4.27. The summed E-state index contributed by atoms with van der Waals surface area (Å²) < 4.78 is 0. The van der Waals surface area contributed by atoms with Crippen LogP contribution in [-0.4, -0.2) is 11.6 Å². The van der Waals surface area contributed by atoms with Gasteiger partial charge in [-0.25, -0.2) is 4.79 Å². The van der Waals surface area contributed by atoms with E-state index >= 15 is 0 Å². The lowest BCUT2D eigenvalue weighted by molar-refractivity contribution is 0.247. The quantitative estimate of drug-likeness (QED) is 0.563. The maximum atomic E-state index is 13.3. The molecule has 3 aromatic rings. The molecule has 4 rings (SSSR count). The highest BCUT2D eigenvalue weighted by atomic mass is 16.2. The molecule has 3 aromatic carbocycles. The smallest absolute Gasteiger partial charge is 0.307 e. The topological polar surface area (TPSA) is 32.3 Å². The summed E-state index contributed by atoms with van der Waals surface area (Å²) in [7, 11) is 0. The standard InChI is InChI=1S/C23H24N2O/c1-16-15-23(2,3)25(21-14-7-6-11-18(16)21)22(26)24-20-13-8-10-17-9-4-5-12-19(17)20/h4-14,16H,15H2,1-3H3,(H,24,26)/t16-/m1/s1. The van der Waals surface area contributed by atoms with E-state index in [2.05, 4.69) is 56.4 Å². The van der Waals surface area contributed by atoms with Gasteiger partial charge in [-0.1, -0.05) is 61.5 Å². The van der Waals surface area contributed by atoms with Gasteiger partial charge in [-0.05, 0) is 49.3 Å². The van der Waals surface area contributed by atoms with E-state index in [4.69, 9.17) is 0 Å². The molecule has 1 heterocycles. The van der Waals surface area contributed by atoms with Crippen molar-refractivity contribution in [3.8, 4) is 0 Å². The molecule has 0 radical (unpaired) electrons. The number of urea groups is 1. The molecule has 0 bridgehead atoms. The minimum absolute atomic E-state index is 0.0781. The van der Waals surface area contributed by atoms with Crippen LogP contribution < -0.4 is 10.2 Å². The first-order valence-corrected chi connectivity index (χ1v) is 9.15. The average molecular weight is 344 g/mol. The molecule has 2 amide bonds. The van der Waals surface area contributed by atoms with Crippen LogP contribution in [0.25, 0.3) is 10.8 Å². The predicted octanol–water partition coefficient (Wildman–Crippen LogP) is 6.16. The molecule has 0 saturated carbocycles. The highest BCUT2D eigenvalue weighted by Gasteiger charge is 2.39. The minimum atomic E-state index is -0.248. The van der Waals surface area contributed by atoms with Crippen molar-refractivity contribution < 1.29 is 4.79 Å². The number of amides is 2. The summed E-state index contributed by atoms with van der Waals surface area (Å²) in [5, 5.41) is 5.33. The van der Waals surface area contributed by atoms with E-state index in [1.165, 1.54) is 5.56 Å². The number of anilines is 2. The van der Waals surface area contributed by atoms with Gasteiger partial charge in [-0.15, -0.1) is 0 Å². The molecule has 3 heteroatoms. The van der Waals surface area contributed by atoms with Gasteiger partial charge in [0, 0.05) is 16.6 Å². The Labute approximate surface area is 154 Å². The SMILES string of the molecule is C[C@@H]1CC(C)(C)N(C(=O)Nc2cccc3ccccc23)c2ccccc21. The number of carbonyl (C=O) groups is 1. The normalized spacial score (nSPS) is 18.4. The van der Waals surface area contributed by atoms with Crippen LogP contribution in [0.15, 0.2) is 66.7 Å². The Balaban J connectivity index is 1.74. The molecule has 0 saturated heterocycles. The molecule has 0 aliphatic carbocycles. The van der Waals surface area contributed by atoms with Gasteiger partial charge in [0.15, 0.2) is 0 Å². The van der Waals surface area contributed by atoms with Crippen LogP contribution in [0.4, 0.5) is 16.2 Å². The monoisotopic (exact) mass is 344 g/mol. The van der Waals surface area contributed by atoms with Crippen LogP contribution >= 0.6 is 0 Å². The van der Waals surface area contributed by atoms with E-state index in [1.54, 1.807) is 0 Å². The zero-order valence-corrected chi connectivity index (χ0v) is 15.5. The van der Waals surface area contributed by atoms with E-state index in [-0.39, 0.29) is 11.6 Å². The van der Waals surface area contributed by atoms with E-state index in [0.717, 1.165) is 28.6 Å². The second kappa shape index (κ2) is 6.17. The molecule has 0 unspecified atom stereocenters. The molecule has 132 valence electrons. The lowest BCUT2D eigenvalue weighted by Crippen LogP contribution is -2.53. The highest BCUT2D eigenvalue weighted by molar-refractivity contribution is 6.08. The lowest BCUT2D eigenvalue weighted by Gasteiger charge is -2.45. The van der Waals surface area contributed by atoms with Gasteiger partial charge in [0.1, 0.15) is 0 Å². The van der Waals surface area contributed by atoms with E-state index in [0.29, 0.717) is 5.92 Å². The van der Waals surface area contributed by atoms with Gasteiger partial charge in [0.2, 0.25) is 0 Å². The number of rotatable bonds is 1. The van der Waals surface area contributed by atoms with Gasteiger partial charge in [-0.3, -0.25) is 4.90 Å². The number of hydrogen-bond acceptors (Lipinski definition) is 1. The summed E-state index contributed by atoms with van der Waals surface area (Å²) >= 11 is 0. The van der Waals surface area contributed by atoms with Gasteiger partial charge < -0.3 is 5.32 Å². The Morgan fingerprint density at radius 1 is 1.00 bits per heavy atom. The van der Waals surface area contributed by atoms with Crippen LogP contribution in [0.1, 0.15) is 38.7 Å². The summed E-state index contributed by atoms with van der Waals surface area (Å²) in [5.74, 6) is 0.433. The second-order valence-electron chi connectivity index (χ2n) is 7.77. The van der Waals surface area contributed by atoms with E-state index < -0.39 is 0 Å². The first-order chi connectivity index (χ1) is 12.5. The molecule has 1 atom stereocenters. The maximum Gasteiger partial charge on any atom is 0.326 e. The van der Waals surface area contributed by atoms with Crippen LogP contribution in [0, 0.1) is 0 Å². The predicted molar refractivity (Wildman–Crippen MR) is 109 cm³/mol. The lowest BCUT2D eigenvalue weighted by atomic mass is 9.80. The van der Waals surface area contributed by atoms with E-state index in [9.17, 15) is 4.79 Å². The van der Waals surface area contributed by atoms with E-state index in [1.807, 2.05) is 41.3 Å². The van der Waals surface area contributed by atoms with Gasteiger partial charge in [0.05, 0.1) is 5.69 Å². The molecular formula is C23H24N2O. The molecule has 1 N–H and O–H groups in total. The van der Waals surface area contributed by atoms with Crippen molar-refractivity contribution in [2.75, 3.05) is 10.2 Å². The Hall–Kier alpha value is -2.81. The van der Waals surface area contributed by atoms with Crippen molar-refractivity contribution >= 4 is 28.2 Å². The zero-order chi connectivity index (χ0) is 18.3. The summed E-state index contributed by atoms with van der Waals surface area (Å²) in [5.41, 5.74) is 2.84. The van der Waals surface area contributed by atoms with Crippen molar-refractivity contribution in [2.24, 2.45) is 0 Å². The first-order valence-electron chi connectivity index (χ1n) is 9.15. The fraction of sp³-hybridized carbons (Fsp3) is 0.261. The van der Waals surface area contributed by atoms with Crippen LogP contribution in [-0.2, 0) is 0 Å². The molecule has 26 heavy (non-hydrogen) atoms. The molecule has 0 fully saturated rings. The number of carbonyl (C=O) groups excluding carboxylic acids is 1. The number of hydrogen-bond donors (Lipinski definition) is 1. The highest BCUT2D eigenvalue weighted by Crippen LogP contribution is 2.43. The zero-order valence-electron chi connectivity index (χ0n) is 15.5. The van der Waals surface area contributed by atoms with Crippen molar-refractivity contribution in [2.45, 2.75) is 38.6 Å². The van der Waals surface area contributed by atoms with Gasteiger partial charge in [0.25, 0.3) is 0 Å². The van der Waals surface area contributed by atoms with Crippen LogP contribution in [0.3, 0.4) is 0 Å². The number of benzene rings is 3. The average Bonchev–Trinajstić information content (AvgIpc) is 2.61. The Kier molecular flexibility index (Phi) is 3.95. The van der Waals surface area contributed by atoms with Crippen LogP contribution in [0.5, 0.6) is 0 Å². The number of fused-ring (bicyclic) bond motifs is 2. The second-order valence-corrected chi connectivity index (χ2v) is 7.77. The van der Waals surface area contributed by atoms with Crippen LogP contribution in [0.2, 0.25) is 0 Å². The third kappa shape index (κ3) is 2.74. The third-order valence-corrected chi connectivity index (χ3v) is 5.35. The van der Waals surface area contributed by atoms with Gasteiger partial charge in [-0.2, -0.15) is 0 Å². The number of nitrogens with zero attached hydrogens (tertiary/aromatic N) is 1. The Bertz CT molecular complexity index is 971. The van der Waals surface area contributed by atoms with Crippen molar-refractivity contribution in [1.29, 1.82) is 0 Å². The maximum absolute atomic E-state index is 13.3. The molecule has 1 aliphatic heterocycles. The largest absolute Gasteiger partial charge is 0.326 e. The Morgan fingerprint density at radius 2 is 1.69 bits per heavy atom. The number of nitrogens with one attached hydrogen (secondary N) is 1. The molecule has 1 aliphatic rings. The first kappa shape index (κ1) is 16.6. The Morgan fingerprint density at radius 3 is 2.54 bits per heavy atom. The summed E-state index contributed by atoms with van der Waals surface area (Å²) in [6.07, 6.45) is 0.937. The van der Waals surface area contributed by atoms with Crippen molar-refractivity contribution in [3.63, 3.8) is 0 Å². The number of para-hydroxylation sites is 1. The minimum Gasteiger partial charge on any atom is -0.307 e.